The number of rotatable bonds is 4. The molecule has 0 saturated heterocycles. The van der Waals surface area contributed by atoms with Crippen LogP contribution in [0.1, 0.15) is 13.3 Å². The topological polar surface area (TPSA) is 47.3 Å². The Kier molecular flexibility index (Phi) is 4.95. The van der Waals surface area contributed by atoms with E-state index in [9.17, 15) is 0 Å². The van der Waals surface area contributed by atoms with Crippen LogP contribution in [0.4, 0.5) is 0 Å². The summed E-state index contributed by atoms with van der Waals surface area (Å²) < 4.78 is 4.99. The molecule has 0 rings (SSSR count). The second-order valence-corrected chi connectivity index (χ2v) is 2.17. The molecule has 2 atom stereocenters. The zero-order chi connectivity index (χ0) is 7.98. The quantitative estimate of drug-likeness (QED) is 0.327. The molecule has 58 valence electrons. The van der Waals surface area contributed by atoms with E-state index in [1.54, 1.807) is 7.11 Å². The molecule has 2 unspecified atom stereocenters. The molecule has 0 spiro atoms. The number of hydrazine groups is 1. The smallest absolute Gasteiger partial charge is 0.0839 e. The van der Waals surface area contributed by atoms with Gasteiger partial charge in [-0.25, -0.2) is 5.43 Å². The van der Waals surface area contributed by atoms with E-state index in [-0.39, 0.29) is 12.1 Å². The maximum Gasteiger partial charge on any atom is 0.0839 e. The number of nitrogens with one attached hydrogen (secondary N) is 1. The van der Waals surface area contributed by atoms with Crippen molar-refractivity contribution in [2.24, 2.45) is 5.84 Å². The Morgan fingerprint density at radius 3 is 2.70 bits per heavy atom. The predicted octanol–water partition coefficient (Wildman–Crippen LogP) is -0.124. The summed E-state index contributed by atoms with van der Waals surface area (Å²) in [6.07, 6.45) is 6.03. The summed E-state index contributed by atoms with van der Waals surface area (Å²) >= 11 is 0. The minimum absolute atomic E-state index is 0.0880. The third-order valence-electron chi connectivity index (χ3n) is 1.37. The van der Waals surface area contributed by atoms with Crippen molar-refractivity contribution in [1.29, 1.82) is 0 Å². The Bertz CT molecular complexity index is 119. The molecule has 0 bridgehead atoms. The minimum Gasteiger partial charge on any atom is -0.382 e. The van der Waals surface area contributed by atoms with Crippen molar-refractivity contribution in [1.82, 2.24) is 5.43 Å². The standard InChI is InChI=1S/C7H14N2O/c1-4-7(9-8)5-6(2)10-3/h1,6-7,9H,5,8H2,2-3H3. The van der Waals surface area contributed by atoms with E-state index in [0.717, 1.165) is 6.42 Å². The zero-order valence-electron chi connectivity index (χ0n) is 6.42. The minimum atomic E-state index is -0.0880. The molecule has 0 aromatic rings. The number of terminal acetylenes is 1. The van der Waals surface area contributed by atoms with E-state index in [2.05, 4.69) is 11.3 Å². The predicted molar refractivity (Wildman–Crippen MR) is 41.0 cm³/mol. The van der Waals surface area contributed by atoms with Crippen LogP contribution >= 0.6 is 0 Å². The van der Waals surface area contributed by atoms with Crippen LogP contribution < -0.4 is 11.3 Å². The van der Waals surface area contributed by atoms with Gasteiger partial charge in [0, 0.05) is 13.5 Å². The molecular formula is C7H14N2O. The molecule has 3 heteroatoms. The van der Waals surface area contributed by atoms with Gasteiger partial charge in [0.1, 0.15) is 0 Å². The third kappa shape index (κ3) is 3.46. The van der Waals surface area contributed by atoms with Crippen molar-refractivity contribution in [2.75, 3.05) is 7.11 Å². The third-order valence-corrected chi connectivity index (χ3v) is 1.37. The summed E-state index contributed by atoms with van der Waals surface area (Å²) in [4.78, 5) is 0. The lowest BCUT2D eigenvalue weighted by molar-refractivity contribution is 0.106. The summed E-state index contributed by atoms with van der Waals surface area (Å²) in [7, 11) is 1.65. The summed E-state index contributed by atoms with van der Waals surface area (Å²) in [6.45, 7) is 1.95. The molecule has 3 N–H and O–H groups in total. The average molecular weight is 142 g/mol. The number of nitrogens with two attached hydrogens (primary N) is 1. The first-order chi connectivity index (χ1) is 4.74. The highest BCUT2D eigenvalue weighted by molar-refractivity contribution is 4.98. The van der Waals surface area contributed by atoms with Gasteiger partial charge in [-0.2, -0.15) is 0 Å². The van der Waals surface area contributed by atoms with E-state index >= 15 is 0 Å². The van der Waals surface area contributed by atoms with Gasteiger partial charge in [0.25, 0.3) is 0 Å². The van der Waals surface area contributed by atoms with Crippen LogP contribution in [0, 0.1) is 12.3 Å². The highest BCUT2D eigenvalue weighted by Crippen LogP contribution is 1.98. The molecule has 0 aromatic heterocycles. The molecular weight excluding hydrogens is 128 g/mol. The van der Waals surface area contributed by atoms with E-state index in [4.69, 9.17) is 17.0 Å². The first-order valence-electron chi connectivity index (χ1n) is 3.19. The fourth-order valence-corrected chi connectivity index (χ4v) is 0.612. The first kappa shape index (κ1) is 9.44. The van der Waals surface area contributed by atoms with E-state index in [0.29, 0.717) is 0 Å². The number of hydrogen-bond acceptors (Lipinski definition) is 3. The van der Waals surface area contributed by atoms with Crippen molar-refractivity contribution in [3.8, 4) is 12.3 Å². The largest absolute Gasteiger partial charge is 0.382 e. The van der Waals surface area contributed by atoms with Crippen LogP contribution in [0.3, 0.4) is 0 Å². The number of ether oxygens (including phenoxy) is 1. The molecule has 0 radical (unpaired) electrons. The molecule has 0 aliphatic heterocycles. The van der Waals surface area contributed by atoms with Gasteiger partial charge in [-0.1, -0.05) is 5.92 Å². The van der Waals surface area contributed by atoms with Crippen LogP contribution in [0.25, 0.3) is 0 Å². The van der Waals surface area contributed by atoms with Gasteiger partial charge in [-0.15, -0.1) is 6.42 Å². The van der Waals surface area contributed by atoms with Crippen molar-refractivity contribution < 1.29 is 4.74 Å². The van der Waals surface area contributed by atoms with Crippen LogP contribution in [-0.4, -0.2) is 19.3 Å². The molecule has 0 amide bonds. The highest BCUT2D eigenvalue weighted by Gasteiger charge is 2.06. The van der Waals surface area contributed by atoms with E-state index in [1.165, 1.54) is 0 Å². The maximum absolute atomic E-state index is 5.14. The lowest BCUT2D eigenvalue weighted by atomic mass is 10.1. The van der Waals surface area contributed by atoms with Crippen molar-refractivity contribution in [3.63, 3.8) is 0 Å². The maximum atomic E-state index is 5.14. The number of hydrogen-bond donors (Lipinski definition) is 2. The van der Waals surface area contributed by atoms with Crippen molar-refractivity contribution in [3.05, 3.63) is 0 Å². The summed E-state index contributed by atoms with van der Waals surface area (Å²) in [6, 6.07) is -0.0880. The van der Waals surface area contributed by atoms with Crippen LogP contribution in [0.5, 0.6) is 0 Å². The van der Waals surface area contributed by atoms with E-state index in [1.807, 2.05) is 6.92 Å². The van der Waals surface area contributed by atoms with Gasteiger partial charge in [0.2, 0.25) is 0 Å². The lowest BCUT2D eigenvalue weighted by Gasteiger charge is -2.13. The van der Waals surface area contributed by atoms with Gasteiger partial charge >= 0.3 is 0 Å². The van der Waals surface area contributed by atoms with Gasteiger partial charge < -0.3 is 4.74 Å². The average Bonchev–Trinajstić information content (AvgIpc) is 1.99. The second kappa shape index (κ2) is 5.24. The molecule has 0 fully saturated rings. The molecule has 0 saturated carbocycles. The fraction of sp³-hybridized carbons (Fsp3) is 0.714. The van der Waals surface area contributed by atoms with Crippen LogP contribution in [-0.2, 0) is 4.74 Å². The molecule has 0 aliphatic carbocycles. The summed E-state index contributed by atoms with van der Waals surface area (Å²) in [5.41, 5.74) is 2.50. The Morgan fingerprint density at radius 1 is 1.80 bits per heavy atom. The monoisotopic (exact) mass is 142 g/mol. The molecule has 0 heterocycles. The molecule has 3 nitrogen and oxygen atoms in total. The Labute approximate surface area is 61.9 Å². The summed E-state index contributed by atoms with van der Waals surface area (Å²) in [5.74, 6) is 7.64. The Morgan fingerprint density at radius 2 is 2.40 bits per heavy atom. The van der Waals surface area contributed by atoms with Gasteiger partial charge in [-0.05, 0) is 6.92 Å². The molecule has 0 aliphatic rings. The second-order valence-electron chi connectivity index (χ2n) is 2.17. The summed E-state index contributed by atoms with van der Waals surface area (Å²) in [5, 5.41) is 0. The lowest BCUT2D eigenvalue weighted by Crippen LogP contribution is -2.36. The van der Waals surface area contributed by atoms with Crippen LogP contribution in [0.15, 0.2) is 0 Å². The van der Waals surface area contributed by atoms with Crippen molar-refractivity contribution in [2.45, 2.75) is 25.5 Å². The molecule has 0 aromatic carbocycles. The Hall–Kier alpha value is -0.560. The first-order valence-corrected chi connectivity index (χ1v) is 3.19. The molecule has 10 heavy (non-hydrogen) atoms. The van der Waals surface area contributed by atoms with E-state index < -0.39 is 0 Å². The fourth-order valence-electron chi connectivity index (χ4n) is 0.612. The highest BCUT2D eigenvalue weighted by atomic mass is 16.5. The normalized spacial score (nSPS) is 15.8. The van der Waals surface area contributed by atoms with Gasteiger partial charge in [0.05, 0.1) is 12.1 Å². The Balaban J connectivity index is 3.54. The van der Waals surface area contributed by atoms with Gasteiger partial charge in [-0.3, -0.25) is 5.84 Å². The SMILES string of the molecule is C#CC(CC(C)OC)NN. The van der Waals surface area contributed by atoms with Crippen LogP contribution in [0.2, 0.25) is 0 Å². The zero-order valence-corrected chi connectivity index (χ0v) is 6.42. The number of methoxy groups -OCH3 is 1. The van der Waals surface area contributed by atoms with Gasteiger partial charge in [0.15, 0.2) is 0 Å². The van der Waals surface area contributed by atoms with Crippen molar-refractivity contribution >= 4 is 0 Å².